The van der Waals surface area contributed by atoms with Crippen molar-refractivity contribution < 1.29 is 14.6 Å². The van der Waals surface area contributed by atoms with Crippen molar-refractivity contribution in [3.05, 3.63) is 35.9 Å². The molecule has 1 amide bonds. The van der Waals surface area contributed by atoms with E-state index in [1.807, 2.05) is 39.0 Å². The van der Waals surface area contributed by atoms with E-state index in [1.165, 1.54) is 5.56 Å². The van der Waals surface area contributed by atoms with Gasteiger partial charge in [-0.1, -0.05) is 30.3 Å². The van der Waals surface area contributed by atoms with Crippen LogP contribution in [0.2, 0.25) is 0 Å². The number of benzene rings is 1. The number of ether oxygens (including phenoxy) is 1. The van der Waals surface area contributed by atoms with E-state index in [-0.39, 0.29) is 12.7 Å². The number of rotatable bonds is 7. The molecule has 146 valence electrons. The Kier molecular flexibility index (Phi) is 7.91. The van der Waals surface area contributed by atoms with E-state index in [0.717, 1.165) is 32.4 Å². The highest BCUT2D eigenvalue weighted by molar-refractivity contribution is 5.68. The third kappa shape index (κ3) is 6.96. The summed E-state index contributed by atoms with van der Waals surface area (Å²) in [6.07, 6.45) is 2.60. The van der Waals surface area contributed by atoms with Gasteiger partial charge in [0.1, 0.15) is 5.60 Å². The zero-order valence-corrected chi connectivity index (χ0v) is 16.4. The first-order valence-corrected chi connectivity index (χ1v) is 9.72. The van der Waals surface area contributed by atoms with E-state index in [9.17, 15) is 9.90 Å². The van der Waals surface area contributed by atoms with Crippen molar-refractivity contribution in [2.24, 2.45) is 11.8 Å². The van der Waals surface area contributed by atoms with Crippen LogP contribution in [0.1, 0.15) is 45.6 Å². The quantitative estimate of drug-likeness (QED) is 0.730. The lowest BCUT2D eigenvalue weighted by Gasteiger charge is -2.36. The van der Waals surface area contributed by atoms with Gasteiger partial charge in [-0.15, -0.1) is 0 Å². The summed E-state index contributed by atoms with van der Waals surface area (Å²) in [5, 5.41) is 13.3. The summed E-state index contributed by atoms with van der Waals surface area (Å²) in [5.74, 6) is 0.760. The first-order valence-electron chi connectivity index (χ1n) is 9.72. The number of carbonyl (C=O) groups excluding carboxylic acids is 1. The minimum absolute atomic E-state index is 0.212. The lowest BCUT2D eigenvalue weighted by Crippen LogP contribution is -2.43. The average molecular weight is 363 g/mol. The Hall–Kier alpha value is -1.59. The van der Waals surface area contributed by atoms with Gasteiger partial charge in [-0.25, -0.2) is 4.79 Å². The number of aliphatic hydroxyl groups excluding tert-OH is 1. The van der Waals surface area contributed by atoms with Gasteiger partial charge in [-0.3, -0.25) is 0 Å². The molecule has 1 saturated heterocycles. The normalized spacial score (nSPS) is 17.2. The van der Waals surface area contributed by atoms with E-state index >= 15 is 0 Å². The molecule has 1 aromatic rings. The van der Waals surface area contributed by atoms with Crippen LogP contribution in [0, 0.1) is 11.8 Å². The monoisotopic (exact) mass is 362 g/mol. The fraction of sp³-hybridized carbons (Fsp3) is 0.667. The Bertz CT molecular complexity index is 534. The number of likely N-dealkylation sites (tertiary alicyclic amines) is 1. The zero-order chi connectivity index (χ0) is 19.0. The molecule has 0 saturated carbocycles. The van der Waals surface area contributed by atoms with E-state index < -0.39 is 5.60 Å². The Balaban J connectivity index is 1.69. The predicted molar refractivity (Wildman–Crippen MR) is 104 cm³/mol. The first-order chi connectivity index (χ1) is 12.4. The molecule has 26 heavy (non-hydrogen) atoms. The second-order valence-corrected chi connectivity index (χ2v) is 8.20. The Morgan fingerprint density at radius 1 is 1.27 bits per heavy atom. The molecule has 0 aromatic heterocycles. The summed E-state index contributed by atoms with van der Waals surface area (Å²) in [4.78, 5) is 13.9. The predicted octanol–water partition coefficient (Wildman–Crippen LogP) is 3.42. The van der Waals surface area contributed by atoms with Gasteiger partial charge in [0.15, 0.2) is 0 Å². The summed E-state index contributed by atoms with van der Waals surface area (Å²) < 4.78 is 5.45. The van der Waals surface area contributed by atoms with Crippen molar-refractivity contribution in [1.82, 2.24) is 10.2 Å². The van der Waals surface area contributed by atoms with Gasteiger partial charge < -0.3 is 20.1 Å². The van der Waals surface area contributed by atoms with Crippen LogP contribution in [-0.4, -0.2) is 47.9 Å². The van der Waals surface area contributed by atoms with Crippen LogP contribution in [0.25, 0.3) is 0 Å². The van der Waals surface area contributed by atoms with E-state index in [0.29, 0.717) is 24.9 Å². The molecule has 5 heteroatoms. The van der Waals surface area contributed by atoms with Crippen molar-refractivity contribution in [3.63, 3.8) is 0 Å². The van der Waals surface area contributed by atoms with Crippen LogP contribution >= 0.6 is 0 Å². The van der Waals surface area contributed by atoms with Gasteiger partial charge in [0.05, 0.1) is 0 Å². The molecule has 1 aliphatic heterocycles. The van der Waals surface area contributed by atoms with Crippen LogP contribution in [0.15, 0.2) is 30.3 Å². The standard InChI is InChI=1S/C21H34N2O3/c1-21(2,3)26-20(25)23-13-10-18(11-14-23)19(16-24)9-12-22-15-17-7-5-4-6-8-17/h4-8,18-19,22,24H,9-16H2,1-3H3. The smallest absolute Gasteiger partial charge is 0.410 e. The zero-order valence-electron chi connectivity index (χ0n) is 16.4. The number of hydrogen-bond donors (Lipinski definition) is 2. The molecule has 1 aromatic carbocycles. The largest absolute Gasteiger partial charge is 0.444 e. The average Bonchev–Trinajstić information content (AvgIpc) is 2.61. The Labute approximate surface area is 157 Å². The third-order valence-corrected chi connectivity index (χ3v) is 4.96. The number of nitrogens with one attached hydrogen (secondary N) is 1. The van der Waals surface area contributed by atoms with Gasteiger partial charge in [0.25, 0.3) is 0 Å². The summed E-state index contributed by atoms with van der Waals surface area (Å²) in [6.45, 7) is 9.07. The molecule has 1 atom stereocenters. The van der Waals surface area contributed by atoms with Gasteiger partial charge in [-0.2, -0.15) is 0 Å². The van der Waals surface area contributed by atoms with Crippen molar-refractivity contribution >= 4 is 6.09 Å². The highest BCUT2D eigenvalue weighted by Crippen LogP contribution is 2.27. The molecule has 5 nitrogen and oxygen atoms in total. The molecule has 1 heterocycles. The topological polar surface area (TPSA) is 61.8 Å². The fourth-order valence-corrected chi connectivity index (χ4v) is 3.47. The molecule has 2 rings (SSSR count). The summed E-state index contributed by atoms with van der Waals surface area (Å²) in [7, 11) is 0. The second kappa shape index (κ2) is 9.93. The minimum Gasteiger partial charge on any atom is -0.444 e. The van der Waals surface area contributed by atoms with Crippen LogP contribution in [0.3, 0.4) is 0 Å². The van der Waals surface area contributed by atoms with Crippen molar-refractivity contribution in [3.8, 4) is 0 Å². The van der Waals surface area contributed by atoms with Gasteiger partial charge in [0.2, 0.25) is 0 Å². The summed E-state index contributed by atoms with van der Waals surface area (Å²) >= 11 is 0. The molecule has 0 aliphatic carbocycles. The maximum atomic E-state index is 12.1. The fourth-order valence-electron chi connectivity index (χ4n) is 3.47. The van der Waals surface area contributed by atoms with Crippen LogP contribution in [0.4, 0.5) is 4.79 Å². The molecular weight excluding hydrogens is 328 g/mol. The number of piperidine rings is 1. The lowest BCUT2D eigenvalue weighted by atomic mass is 9.83. The highest BCUT2D eigenvalue weighted by Gasteiger charge is 2.30. The van der Waals surface area contributed by atoms with Gasteiger partial charge in [-0.05, 0) is 64.0 Å². The maximum absolute atomic E-state index is 12.1. The molecule has 1 unspecified atom stereocenters. The molecule has 0 bridgehead atoms. The summed E-state index contributed by atoms with van der Waals surface area (Å²) in [6, 6.07) is 10.3. The molecule has 1 aliphatic rings. The third-order valence-electron chi connectivity index (χ3n) is 4.96. The lowest BCUT2D eigenvalue weighted by molar-refractivity contribution is 0.0138. The number of amides is 1. The minimum atomic E-state index is -0.452. The Morgan fingerprint density at radius 2 is 1.92 bits per heavy atom. The molecule has 0 spiro atoms. The van der Waals surface area contributed by atoms with E-state index in [2.05, 4.69) is 17.4 Å². The van der Waals surface area contributed by atoms with E-state index in [1.54, 1.807) is 4.90 Å². The SMILES string of the molecule is CC(C)(C)OC(=O)N1CCC(C(CO)CCNCc2ccccc2)CC1. The van der Waals surface area contributed by atoms with E-state index in [4.69, 9.17) is 4.74 Å². The summed E-state index contributed by atoms with van der Waals surface area (Å²) in [5.41, 5.74) is 0.824. The highest BCUT2D eigenvalue weighted by atomic mass is 16.6. The number of nitrogens with zero attached hydrogens (tertiary/aromatic N) is 1. The van der Waals surface area contributed by atoms with Crippen LogP contribution in [-0.2, 0) is 11.3 Å². The first kappa shape index (κ1) is 20.7. The Morgan fingerprint density at radius 3 is 2.50 bits per heavy atom. The number of hydrogen-bond acceptors (Lipinski definition) is 4. The maximum Gasteiger partial charge on any atom is 0.410 e. The van der Waals surface area contributed by atoms with Crippen molar-refractivity contribution in [2.45, 2.75) is 52.2 Å². The van der Waals surface area contributed by atoms with Crippen molar-refractivity contribution in [1.29, 1.82) is 0 Å². The van der Waals surface area contributed by atoms with Crippen LogP contribution in [0.5, 0.6) is 0 Å². The molecule has 0 radical (unpaired) electrons. The number of carbonyl (C=O) groups is 1. The van der Waals surface area contributed by atoms with Gasteiger partial charge >= 0.3 is 6.09 Å². The molecular formula is C21H34N2O3. The molecule has 1 fully saturated rings. The second-order valence-electron chi connectivity index (χ2n) is 8.20. The van der Waals surface area contributed by atoms with Gasteiger partial charge in [0, 0.05) is 26.2 Å². The number of aliphatic hydroxyl groups is 1. The van der Waals surface area contributed by atoms with Crippen molar-refractivity contribution in [2.75, 3.05) is 26.2 Å². The molecule has 2 N–H and O–H groups in total. The van der Waals surface area contributed by atoms with Crippen LogP contribution < -0.4 is 5.32 Å².